The van der Waals surface area contributed by atoms with Crippen molar-refractivity contribution < 1.29 is 14.3 Å². The molecule has 0 amide bonds. The Hall–Kier alpha value is -2.70. The molecule has 0 saturated carbocycles. The van der Waals surface area contributed by atoms with Crippen molar-refractivity contribution in [2.24, 2.45) is 11.0 Å². The number of carbonyl (C=O) groups excluding carboxylic acids is 1. The van der Waals surface area contributed by atoms with Crippen molar-refractivity contribution in [2.75, 3.05) is 13.2 Å². The van der Waals surface area contributed by atoms with Gasteiger partial charge < -0.3 is 9.47 Å². The van der Waals surface area contributed by atoms with Gasteiger partial charge in [-0.2, -0.15) is 5.10 Å². The molecule has 0 aliphatic carbocycles. The normalized spacial score (nSPS) is 12.2. The highest BCUT2D eigenvalue weighted by molar-refractivity contribution is 5.79. The van der Waals surface area contributed by atoms with Gasteiger partial charge in [0.05, 0.1) is 25.3 Å². The predicted molar refractivity (Wildman–Crippen MR) is 104 cm³/mol. The van der Waals surface area contributed by atoms with E-state index in [1.165, 1.54) is 17.3 Å². The molecule has 0 aliphatic heterocycles. The summed E-state index contributed by atoms with van der Waals surface area (Å²) in [6.45, 7) is 5.09. The van der Waals surface area contributed by atoms with E-state index >= 15 is 0 Å². The molecule has 1 atom stereocenters. The van der Waals surface area contributed by atoms with Crippen LogP contribution in [0.3, 0.4) is 0 Å². The summed E-state index contributed by atoms with van der Waals surface area (Å²) in [6.07, 6.45) is 9.61. The summed E-state index contributed by atoms with van der Waals surface area (Å²) in [5, 5.41) is 11.6. The van der Waals surface area contributed by atoms with Crippen molar-refractivity contribution in [3.8, 4) is 5.75 Å². The Morgan fingerprint density at radius 2 is 1.78 bits per heavy atom. The lowest BCUT2D eigenvalue weighted by Crippen LogP contribution is -2.14. The molecule has 0 saturated heterocycles. The number of hydrogen-bond acceptors (Lipinski definition) is 6. The van der Waals surface area contributed by atoms with Crippen LogP contribution in [0.1, 0.15) is 51.5 Å². The van der Waals surface area contributed by atoms with Crippen molar-refractivity contribution in [1.29, 1.82) is 0 Å². The Balaban J connectivity index is 1.53. The first-order chi connectivity index (χ1) is 13.2. The van der Waals surface area contributed by atoms with Crippen LogP contribution in [0.5, 0.6) is 5.75 Å². The Labute approximate surface area is 160 Å². The molecule has 1 heterocycles. The Bertz CT molecular complexity index is 684. The van der Waals surface area contributed by atoms with E-state index in [0.29, 0.717) is 13.2 Å². The zero-order valence-electron chi connectivity index (χ0n) is 16.1. The third-order valence-electron chi connectivity index (χ3n) is 4.19. The van der Waals surface area contributed by atoms with Gasteiger partial charge >= 0.3 is 5.97 Å². The van der Waals surface area contributed by atoms with Crippen LogP contribution in [0.4, 0.5) is 0 Å². The second-order valence-electron chi connectivity index (χ2n) is 6.39. The molecule has 0 aliphatic rings. The van der Waals surface area contributed by atoms with Crippen LogP contribution in [0, 0.1) is 5.92 Å². The van der Waals surface area contributed by atoms with Crippen LogP contribution >= 0.6 is 0 Å². The molecule has 7 heteroatoms. The Morgan fingerprint density at radius 3 is 2.44 bits per heavy atom. The fraction of sp³-hybridized carbons (Fsp3) is 0.500. The number of benzene rings is 1. The maximum atomic E-state index is 11.5. The number of ether oxygens (including phenoxy) is 2. The molecular formula is C20H28N4O3. The van der Waals surface area contributed by atoms with E-state index in [-0.39, 0.29) is 11.9 Å². The van der Waals surface area contributed by atoms with Gasteiger partial charge in [-0.25, -0.2) is 4.68 Å². The molecule has 0 spiro atoms. The van der Waals surface area contributed by atoms with Gasteiger partial charge in [0.25, 0.3) is 0 Å². The molecule has 1 aromatic heterocycles. The summed E-state index contributed by atoms with van der Waals surface area (Å²) >= 11 is 0. The highest BCUT2D eigenvalue weighted by atomic mass is 16.5. The fourth-order valence-electron chi connectivity index (χ4n) is 2.27. The molecule has 0 bridgehead atoms. The van der Waals surface area contributed by atoms with Gasteiger partial charge in [0.2, 0.25) is 0 Å². The molecule has 2 rings (SSSR count). The maximum Gasteiger partial charge on any atom is 0.308 e. The highest BCUT2D eigenvalue weighted by Gasteiger charge is 2.10. The van der Waals surface area contributed by atoms with Crippen molar-refractivity contribution >= 4 is 12.2 Å². The van der Waals surface area contributed by atoms with Gasteiger partial charge in [0.1, 0.15) is 18.4 Å². The number of nitrogens with zero attached hydrogens (tertiary/aromatic N) is 4. The van der Waals surface area contributed by atoms with E-state index in [0.717, 1.165) is 43.4 Å². The number of carbonyl (C=O) groups is 1. The van der Waals surface area contributed by atoms with E-state index in [9.17, 15) is 4.79 Å². The molecule has 0 radical (unpaired) electrons. The molecule has 0 fully saturated rings. The predicted octanol–water partition coefficient (Wildman–Crippen LogP) is 3.69. The van der Waals surface area contributed by atoms with Crippen LogP contribution in [0.25, 0.3) is 0 Å². The molecule has 1 aromatic carbocycles. The van der Waals surface area contributed by atoms with Gasteiger partial charge in [0, 0.05) is 0 Å². The molecule has 7 nitrogen and oxygen atoms in total. The lowest BCUT2D eigenvalue weighted by Gasteiger charge is -2.09. The van der Waals surface area contributed by atoms with Crippen molar-refractivity contribution in [3.05, 3.63) is 42.5 Å². The highest BCUT2D eigenvalue weighted by Crippen LogP contribution is 2.12. The van der Waals surface area contributed by atoms with E-state index in [1.807, 2.05) is 38.1 Å². The van der Waals surface area contributed by atoms with Crippen LogP contribution < -0.4 is 4.74 Å². The molecule has 1 unspecified atom stereocenters. The average Bonchev–Trinajstić information content (AvgIpc) is 3.22. The monoisotopic (exact) mass is 372 g/mol. The van der Waals surface area contributed by atoms with Crippen LogP contribution in [-0.4, -0.2) is 40.3 Å². The van der Waals surface area contributed by atoms with E-state index in [2.05, 4.69) is 15.3 Å². The molecule has 2 aromatic rings. The lowest BCUT2D eigenvalue weighted by molar-refractivity contribution is -0.148. The maximum absolute atomic E-state index is 11.5. The quantitative estimate of drug-likeness (QED) is 0.322. The summed E-state index contributed by atoms with van der Waals surface area (Å²) in [6, 6.07) is 7.77. The van der Waals surface area contributed by atoms with E-state index < -0.39 is 0 Å². The average molecular weight is 372 g/mol. The summed E-state index contributed by atoms with van der Waals surface area (Å²) in [7, 11) is 0. The molecule has 146 valence electrons. The number of hydrogen-bond donors (Lipinski definition) is 0. The topological polar surface area (TPSA) is 78.6 Å². The number of esters is 1. The summed E-state index contributed by atoms with van der Waals surface area (Å²) in [5.74, 6) is 0.758. The molecule has 0 N–H and O–H groups in total. The van der Waals surface area contributed by atoms with Gasteiger partial charge in [-0.1, -0.05) is 13.8 Å². The zero-order chi connectivity index (χ0) is 19.3. The van der Waals surface area contributed by atoms with Crippen molar-refractivity contribution in [3.63, 3.8) is 0 Å². The first-order valence-corrected chi connectivity index (χ1v) is 9.47. The summed E-state index contributed by atoms with van der Waals surface area (Å²) in [5.41, 5.74) is 0.975. The van der Waals surface area contributed by atoms with Crippen molar-refractivity contribution in [1.82, 2.24) is 14.9 Å². The first-order valence-electron chi connectivity index (χ1n) is 9.47. The minimum Gasteiger partial charge on any atom is -0.494 e. The van der Waals surface area contributed by atoms with Crippen LogP contribution in [-0.2, 0) is 9.53 Å². The summed E-state index contributed by atoms with van der Waals surface area (Å²) < 4.78 is 12.5. The van der Waals surface area contributed by atoms with Gasteiger partial charge in [-0.05, 0) is 61.9 Å². The van der Waals surface area contributed by atoms with Gasteiger partial charge in [-0.15, -0.1) is 10.2 Å². The Morgan fingerprint density at radius 1 is 1.11 bits per heavy atom. The number of rotatable bonds is 12. The SMILES string of the molecule is CCC(C)C(=O)OCCCCCCOc1ccc(/C=N/n2cnnc2)cc1. The zero-order valence-corrected chi connectivity index (χ0v) is 16.1. The second-order valence-corrected chi connectivity index (χ2v) is 6.39. The third kappa shape index (κ3) is 8.02. The van der Waals surface area contributed by atoms with E-state index in [1.54, 1.807) is 6.21 Å². The minimum atomic E-state index is -0.0870. The van der Waals surface area contributed by atoms with Crippen molar-refractivity contribution in [2.45, 2.75) is 46.0 Å². The number of aromatic nitrogens is 3. The molecular weight excluding hydrogens is 344 g/mol. The summed E-state index contributed by atoms with van der Waals surface area (Å²) in [4.78, 5) is 11.5. The standard InChI is InChI=1S/C20H28N4O3/c1-3-17(2)20(25)27-13-7-5-4-6-12-26-19-10-8-18(9-11-19)14-23-24-15-21-22-16-24/h8-11,14-17H,3-7,12-13H2,1-2H3/b23-14+. The van der Waals surface area contributed by atoms with Gasteiger partial charge in [0.15, 0.2) is 0 Å². The minimum absolute atomic E-state index is 0.000954. The largest absolute Gasteiger partial charge is 0.494 e. The third-order valence-corrected chi connectivity index (χ3v) is 4.19. The molecule has 27 heavy (non-hydrogen) atoms. The first kappa shape index (κ1) is 20.6. The van der Waals surface area contributed by atoms with Gasteiger partial charge in [-0.3, -0.25) is 4.79 Å². The van der Waals surface area contributed by atoms with Crippen LogP contribution in [0.2, 0.25) is 0 Å². The van der Waals surface area contributed by atoms with E-state index in [4.69, 9.17) is 9.47 Å². The fourth-order valence-corrected chi connectivity index (χ4v) is 2.27. The number of unbranched alkanes of at least 4 members (excludes halogenated alkanes) is 3. The smallest absolute Gasteiger partial charge is 0.308 e. The van der Waals surface area contributed by atoms with Crippen LogP contribution in [0.15, 0.2) is 42.0 Å². The lowest BCUT2D eigenvalue weighted by atomic mass is 10.1. The second kappa shape index (κ2) is 11.8. The Kier molecular flexibility index (Phi) is 9.03.